The van der Waals surface area contributed by atoms with Gasteiger partial charge in [-0.25, -0.2) is 0 Å². The number of allylic oxidation sites excluding steroid dienone is 2. The van der Waals surface area contributed by atoms with E-state index in [2.05, 4.69) is 40.7 Å². The molecule has 12 rings (SSSR count). The highest BCUT2D eigenvalue weighted by atomic mass is 16.8. The Morgan fingerprint density at radius 1 is 0.467 bits per heavy atom. The fraction of sp³-hybridized carbons (Fsp3) is 0.957. The van der Waals surface area contributed by atoms with Crippen molar-refractivity contribution in [1.29, 1.82) is 0 Å². The summed E-state index contributed by atoms with van der Waals surface area (Å²) in [5, 5.41) is 219. The average Bonchev–Trinajstić information content (AvgIpc) is 0.674. The summed E-state index contributed by atoms with van der Waals surface area (Å²) in [7, 11) is 0. The Morgan fingerprint density at radius 2 is 1.00 bits per heavy atom. The molecule has 0 amide bonds. The average molecular weight is 1520 g/mol. The molecule has 604 valence electrons. The van der Waals surface area contributed by atoms with E-state index in [1.54, 1.807) is 0 Å². The van der Waals surface area contributed by atoms with Gasteiger partial charge in [0.15, 0.2) is 37.7 Å². The SMILES string of the molecule is C[C@@H]1O[C@@H](O[C@H]2[C@H](O)[C@@H](O)[C@H](OC[C@H]3O[C@@H](OC(=O)[C@]45CCC(C)(C)C[C@H]4C4=CC[C@@H]6[C@@]7(C)CC[C@H](O[C@@H]8OC[C@H](O[C@@H]9O[C@H](CO)[C@@H](O)[C@H](O)[C@H]9O)[C@H](O[C@@H]9O[C@@H](C)[C@H](O)[C@@H](O)[C@H]9O[C@@H]9OC[C@@H](O)[C@@H](O)[C@H]9O)[C@H]8O)[C@@](C)(CO)[C@@H]7CC[C@@]6(C)[C@]4(C)CC5)[C@H](O)[C@@H](O)[C@@H]3O)O[C@@H]2CO)[C@H](O)[C@H](O)[C@H]1O. The lowest BCUT2D eigenvalue weighted by Crippen LogP contribution is -2.67. The summed E-state index contributed by atoms with van der Waals surface area (Å²) in [5.41, 5.74) is -2.62. The first-order valence-electron chi connectivity index (χ1n) is 37.1. The van der Waals surface area contributed by atoms with Gasteiger partial charge in [0.2, 0.25) is 6.29 Å². The van der Waals surface area contributed by atoms with Gasteiger partial charge in [-0.1, -0.05) is 53.2 Å². The van der Waals surface area contributed by atoms with Crippen LogP contribution in [0, 0.1) is 50.2 Å². The number of carbonyl (C=O) groups is 1. The van der Waals surface area contributed by atoms with Gasteiger partial charge in [-0.2, -0.15) is 0 Å². The van der Waals surface area contributed by atoms with Crippen LogP contribution < -0.4 is 0 Å². The first-order chi connectivity index (χ1) is 49.3. The van der Waals surface area contributed by atoms with Gasteiger partial charge in [0.25, 0.3) is 0 Å². The predicted octanol–water partition coefficient (Wildman–Crippen LogP) is -6.26. The second kappa shape index (κ2) is 31.3. The summed E-state index contributed by atoms with van der Waals surface area (Å²) in [5.74, 6) is -1.23. The van der Waals surface area contributed by atoms with Crippen LogP contribution in [0.4, 0.5) is 0 Å². The second-order valence-electron chi connectivity index (χ2n) is 33.6. The molecule has 0 unspecified atom stereocenters. The lowest BCUT2D eigenvalue weighted by molar-refractivity contribution is -0.392. The number of hydrogen-bond acceptors (Lipinski definition) is 35. The molecule has 7 heterocycles. The van der Waals surface area contributed by atoms with E-state index in [4.69, 9.17) is 66.3 Å². The molecule has 0 aromatic heterocycles. The standard InChI is InChI=1S/C70H114O35/c1-26-38(75)43(80)49(86)60(95-26)102-54-32(21-72)98-57(52(89)47(54)84)93-23-33-42(79)45(82)51(88)62(99-33)105-64(91)70-17-15-65(3,4)19-29(70)28-9-10-36-66(5)13-12-37(67(6,25-73)35(66)11-14-69(36,8)68(28,7)16-18-70)101-59-53(90)55(34(24-94-59)100-61-50(87)44(81)41(78)31(20-71)97-61)103-63-56(46(83)39(76)27(2)96-63)104-58-48(85)40(77)30(74)22-92-58/h9,26-27,29-63,71-90H,10-25H2,1-8H3/t26-,27-,29-,30+,31+,32+,33+,34-,35+,36+,37-,38-,39-,40+,41+,42+,43+,44-,45-,46+,47+,48+,49+,50+,51+,52+,53+,54+,55-,56+,57+,58-,59-,60-,61-,62-,63-,66-,67-,68+,69+,70-/m0/s1. The molecule has 0 radical (unpaired) electrons. The van der Waals surface area contributed by atoms with E-state index in [1.807, 2.05) is 6.92 Å². The third-order valence-corrected chi connectivity index (χ3v) is 27.0. The monoisotopic (exact) mass is 1510 g/mol. The molecular formula is C70H114O35. The zero-order valence-electron chi connectivity index (χ0n) is 60.3. The van der Waals surface area contributed by atoms with Gasteiger partial charge in [-0.05, 0) is 117 Å². The van der Waals surface area contributed by atoms with Crippen molar-refractivity contribution in [2.24, 2.45) is 50.2 Å². The van der Waals surface area contributed by atoms with Crippen LogP contribution in [0.25, 0.3) is 0 Å². The number of rotatable bonds is 18. The zero-order valence-corrected chi connectivity index (χ0v) is 60.3. The smallest absolute Gasteiger partial charge is 0.315 e. The molecule has 105 heavy (non-hydrogen) atoms. The van der Waals surface area contributed by atoms with Crippen molar-refractivity contribution in [1.82, 2.24) is 0 Å². The highest BCUT2D eigenvalue weighted by molar-refractivity contribution is 5.79. The van der Waals surface area contributed by atoms with E-state index in [0.717, 1.165) is 5.57 Å². The third-order valence-electron chi connectivity index (χ3n) is 27.0. The van der Waals surface area contributed by atoms with Crippen molar-refractivity contribution in [2.45, 2.75) is 328 Å². The number of esters is 1. The molecule has 12 aliphatic rings. The first-order valence-corrected chi connectivity index (χ1v) is 37.1. The van der Waals surface area contributed by atoms with Gasteiger partial charge in [-0.3, -0.25) is 4.79 Å². The van der Waals surface area contributed by atoms with Crippen molar-refractivity contribution < 1.29 is 173 Å². The van der Waals surface area contributed by atoms with Gasteiger partial charge in [0, 0.05) is 5.41 Å². The van der Waals surface area contributed by atoms with Crippen LogP contribution in [-0.2, 0) is 71.1 Å². The molecule has 11 fully saturated rings. The Labute approximate surface area is 607 Å². The molecule has 35 nitrogen and oxygen atoms in total. The quantitative estimate of drug-likeness (QED) is 0.0345. The van der Waals surface area contributed by atoms with Gasteiger partial charge in [0.05, 0.1) is 63.4 Å². The molecule has 4 saturated carbocycles. The van der Waals surface area contributed by atoms with Crippen LogP contribution in [-0.4, -0.2) is 357 Å². The van der Waals surface area contributed by atoms with Crippen LogP contribution in [0.15, 0.2) is 11.6 Å². The second-order valence-corrected chi connectivity index (χ2v) is 33.6. The third kappa shape index (κ3) is 14.5. The number of ether oxygens (including phenoxy) is 14. The predicted molar refractivity (Wildman–Crippen MR) is 347 cm³/mol. The Bertz CT molecular complexity index is 2970. The van der Waals surface area contributed by atoms with Crippen molar-refractivity contribution >= 4 is 5.97 Å². The number of hydrogen-bond donors (Lipinski definition) is 20. The molecular weight excluding hydrogens is 1400 g/mol. The normalized spacial score (nSPS) is 55.2. The fourth-order valence-corrected chi connectivity index (χ4v) is 20.2. The molecule has 42 atom stereocenters. The lowest BCUT2D eigenvalue weighted by atomic mass is 9.33. The van der Waals surface area contributed by atoms with Gasteiger partial charge in [-0.15, -0.1) is 0 Å². The summed E-state index contributed by atoms with van der Waals surface area (Å²) < 4.78 is 84.1. The largest absolute Gasteiger partial charge is 0.432 e. The van der Waals surface area contributed by atoms with Crippen LogP contribution in [0.3, 0.4) is 0 Å². The molecule has 20 N–H and O–H groups in total. The molecule has 0 spiro atoms. The maximum atomic E-state index is 15.4. The number of carbonyl (C=O) groups excluding carboxylic acids is 1. The van der Waals surface area contributed by atoms with Crippen molar-refractivity contribution in [3.8, 4) is 0 Å². The molecule has 5 aliphatic carbocycles. The zero-order chi connectivity index (χ0) is 76.4. The van der Waals surface area contributed by atoms with E-state index in [0.29, 0.717) is 64.2 Å². The van der Waals surface area contributed by atoms with Crippen LogP contribution in [0.5, 0.6) is 0 Å². The van der Waals surface area contributed by atoms with Crippen LogP contribution in [0.2, 0.25) is 0 Å². The van der Waals surface area contributed by atoms with E-state index in [1.165, 1.54) is 13.8 Å². The molecule has 7 saturated heterocycles. The molecule has 35 heteroatoms. The summed E-state index contributed by atoms with van der Waals surface area (Å²) in [6.07, 6.45) is -48.8. The molecule has 0 aromatic carbocycles. The Hall–Kier alpha value is -2.11. The summed E-state index contributed by atoms with van der Waals surface area (Å²) in [4.78, 5) is 15.4. The summed E-state index contributed by atoms with van der Waals surface area (Å²) in [6, 6.07) is 0. The highest BCUT2D eigenvalue weighted by Crippen LogP contribution is 2.76. The lowest BCUT2D eigenvalue weighted by Gasteiger charge is -2.71. The maximum Gasteiger partial charge on any atom is 0.315 e. The Balaban J connectivity index is 0.746. The minimum Gasteiger partial charge on any atom is -0.432 e. The van der Waals surface area contributed by atoms with Crippen LogP contribution in [0.1, 0.15) is 120 Å². The van der Waals surface area contributed by atoms with Gasteiger partial charge in [0.1, 0.15) is 146 Å². The van der Waals surface area contributed by atoms with E-state index >= 15 is 4.79 Å². The van der Waals surface area contributed by atoms with Crippen molar-refractivity contribution in [3.05, 3.63) is 11.6 Å². The summed E-state index contributed by atoms with van der Waals surface area (Å²) >= 11 is 0. The number of aliphatic hydroxyl groups excluding tert-OH is 20. The molecule has 0 aromatic rings. The number of aliphatic hydroxyl groups is 20. The topological polar surface area (TPSA) is 551 Å². The van der Waals surface area contributed by atoms with E-state index < -0.39 is 275 Å². The Morgan fingerprint density at radius 3 is 1.67 bits per heavy atom. The van der Waals surface area contributed by atoms with Crippen molar-refractivity contribution in [3.63, 3.8) is 0 Å². The van der Waals surface area contributed by atoms with Gasteiger partial charge < -0.3 is 168 Å². The summed E-state index contributed by atoms with van der Waals surface area (Å²) in [6.45, 7) is 12.3. The number of fused-ring (bicyclic) bond motifs is 7. The minimum absolute atomic E-state index is 0.0100. The van der Waals surface area contributed by atoms with Crippen LogP contribution >= 0.6 is 0 Å². The van der Waals surface area contributed by atoms with E-state index in [-0.39, 0.29) is 29.8 Å². The highest BCUT2D eigenvalue weighted by Gasteiger charge is 2.71. The van der Waals surface area contributed by atoms with Crippen molar-refractivity contribution in [2.75, 3.05) is 39.6 Å². The maximum absolute atomic E-state index is 15.4. The van der Waals surface area contributed by atoms with E-state index in [9.17, 15) is 102 Å². The Kier molecular flexibility index (Phi) is 24.6. The van der Waals surface area contributed by atoms with Gasteiger partial charge >= 0.3 is 5.97 Å². The molecule has 0 bridgehead atoms. The molecule has 7 aliphatic heterocycles. The minimum atomic E-state index is -1.94. The first kappa shape index (κ1) is 82.4. The fourth-order valence-electron chi connectivity index (χ4n) is 20.2.